The lowest BCUT2D eigenvalue weighted by atomic mass is 10.1. The number of hydrogen-bond acceptors (Lipinski definition) is 3. The molecule has 96 valence electrons. The highest BCUT2D eigenvalue weighted by molar-refractivity contribution is 6.30. The first-order chi connectivity index (χ1) is 9.13. The smallest absolute Gasteiger partial charge is 0.133 e. The molecule has 0 aromatic heterocycles. The van der Waals surface area contributed by atoms with Crippen LogP contribution in [0.25, 0.3) is 0 Å². The van der Waals surface area contributed by atoms with Gasteiger partial charge in [-0.25, -0.2) is 0 Å². The molecular weight excluding hydrogens is 262 g/mol. The Kier molecular flexibility index (Phi) is 4.06. The van der Waals surface area contributed by atoms with Crippen LogP contribution in [0.2, 0.25) is 5.02 Å². The Hall–Kier alpha value is -2.02. The van der Waals surface area contributed by atoms with Crippen LogP contribution in [-0.2, 0) is 6.61 Å². The predicted molar refractivity (Wildman–Crippen MR) is 73.3 cm³/mol. The van der Waals surface area contributed by atoms with Gasteiger partial charge in [-0.05, 0) is 42.8 Å². The average molecular weight is 274 g/mol. The Morgan fingerprint density at radius 1 is 1.21 bits per heavy atom. The standard InChI is InChI=1S/C15H12ClNO2/c1-10-2-3-11(8-17)6-15(10)19-14-5-4-13(16)7-12(14)9-18/h2-7,18H,9H2,1H3. The van der Waals surface area contributed by atoms with E-state index in [-0.39, 0.29) is 6.61 Å². The van der Waals surface area contributed by atoms with Gasteiger partial charge in [-0.1, -0.05) is 17.7 Å². The van der Waals surface area contributed by atoms with Gasteiger partial charge in [0.2, 0.25) is 0 Å². The fourth-order valence-corrected chi connectivity index (χ4v) is 1.86. The minimum absolute atomic E-state index is 0.160. The van der Waals surface area contributed by atoms with Gasteiger partial charge in [-0.15, -0.1) is 0 Å². The summed E-state index contributed by atoms with van der Waals surface area (Å²) in [7, 11) is 0. The van der Waals surface area contributed by atoms with E-state index in [1.807, 2.05) is 13.0 Å². The number of nitriles is 1. The molecule has 0 amide bonds. The normalized spacial score (nSPS) is 10.0. The van der Waals surface area contributed by atoms with Crippen molar-refractivity contribution in [1.29, 1.82) is 5.26 Å². The molecule has 3 nitrogen and oxygen atoms in total. The van der Waals surface area contributed by atoms with E-state index < -0.39 is 0 Å². The third-order valence-electron chi connectivity index (χ3n) is 2.73. The van der Waals surface area contributed by atoms with Gasteiger partial charge in [-0.2, -0.15) is 5.26 Å². The molecule has 0 aliphatic carbocycles. The number of aliphatic hydroxyl groups excluding tert-OH is 1. The third-order valence-corrected chi connectivity index (χ3v) is 2.97. The number of benzene rings is 2. The van der Waals surface area contributed by atoms with Crippen molar-refractivity contribution in [2.75, 3.05) is 0 Å². The van der Waals surface area contributed by atoms with Crippen LogP contribution < -0.4 is 4.74 Å². The number of aryl methyl sites for hydroxylation is 1. The molecule has 0 atom stereocenters. The third kappa shape index (κ3) is 3.05. The van der Waals surface area contributed by atoms with Crippen LogP contribution in [-0.4, -0.2) is 5.11 Å². The molecule has 1 N–H and O–H groups in total. The van der Waals surface area contributed by atoms with Crippen molar-refractivity contribution < 1.29 is 9.84 Å². The molecule has 4 heteroatoms. The Morgan fingerprint density at radius 3 is 2.68 bits per heavy atom. The summed E-state index contributed by atoms with van der Waals surface area (Å²) >= 11 is 5.87. The van der Waals surface area contributed by atoms with Gasteiger partial charge >= 0.3 is 0 Å². The quantitative estimate of drug-likeness (QED) is 0.925. The molecule has 0 heterocycles. The maximum atomic E-state index is 9.30. The second-order valence-corrected chi connectivity index (χ2v) is 4.54. The minimum atomic E-state index is -0.160. The molecule has 2 aromatic carbocycles. The Balaban J connectivity index is 2.39. The predicted octanol–water partition coefficient (Wildman–Crippen LogP) is 3.80. The summed E-state index contributed by atoms with van der Waals surface area (Å²) in [5.74, 6) is 1.13. The maximum Gasteiger partial charge on any atom is 0.133 e. The molecule has 2 aromatic rings. The summed E-state index contributed by atoms with van der Waals surface area (Å²) in [4.78, 5) is 0. The summed E-state index contributed by atoms with van der Waals surface area (Å²) in [5.41, 5.74) is 2.05. The van der Waals surface area contributed by atoms with Crippen molar-refractivity contribution in [3.63, 3.8) is 0 Å². The molecule has 19 heavy (non-hydrogen) atoms. The Morgan fingerprint density at radius 2 is 2.00 bits per heavy atom. The SMILES string of the molecule is Cc1ccc(C#N)cc1Oc1ccc(Cl)cc1CO. The van der Waals surface area contributed by atoms with Crippen molar-refractivity contribution in [1.82, 2.24) is 0 Å². The van der Waals surface area contributed by atoms with E-state index in [1.54, 1.807) is 30.3 Å². The van der Waals surface area contributed by atoms with Crippen LogP contribution >= 0.6 is 11.6 Å². The number of nitrogens with zero attached hydrogens (tertiary/aromatic N) is 1. The highest BCUT2D eigenvalue weighted by atomic mass is 35.5. The van der Waals surface area contributed by atoms with Crippen LogP contribution in [0, 0.1) is 18.3 Å². The van der Waals surface area contributed by atoms with Crippen molar-refractivity contribution >= 4 is 11.6 Å². The second-order valence-electron chi connectivity index (χ2n) is 4.10. The highest BCUT2D eigenvalue weighted by Crippen LogP contribution is 2.30. The van der Waals surface area contributed by atoms with E-state index in [4.69, 9.17) is 21.6 Å². The summed E-state index contributed by atoms with van der Waals surface area (Å²) in [6, 6.07) is 12.3. The monoisotopic (exact) mass is 273 g/mol. The maximum absolute atomic E-state index is 9.30. The van der Waals surface area contributed by atoms with Crippen molar-refractivity contribution in [2.24, 2.45) is 0 Å². The zero-order valence-electron chi connectivity index (χ0n) is 10.4. The van der Waals surface area contributed by atoms with Gasteiger partial charge < -0.3 is 9.84 Å². The van der Waals surface area contributed by atoms with Crippen LogP contribution in [0.15, 0.2) is 36.4 Å². The van der Waals surface area contributed by atoms with E-state index in [1.165, 1.54) is 0 Å². The van der Waals surface area contributed by atoms with E-state index in [0.29, 0.717) is 27.6 Å². The fourth-order valence-electron chi connectivity index (χ4n) is 1.67. The lowest BCUT2D eigenvalue weighted by Crippen LogP contribution is -1.94. The largest absolute Gasteiger partial charge is 0.457 e. The molecule has 2 rings (SSSR count). The summed E-state index contributed by atoms with van der Waals surface area (Å²) in [6.07, 6.45) is 0. The first-order valence-corrected chi connectivity index (χ1v) is 6.09. The van der Waals surface area contributed by atoms with E-state index >= 15 is 0 Å². The lowest BCUT2D eigenvalue weighted by molar-refractivity contribution is 0.276. The number of ether oxygens (including phenoxy) is 1. The van der Waals surface area contributed by atoms with Crippen LogP contribution in [0.1, 0.15) is 16.7 Å². The first kappa shape index (κ1) is 13.4. The molecule has 0 spiro atoms. The van der Waals surface area contributed by atoms with Gasteiger partial charge in [0.15, 0.2) is 0 Å². The molecule has 0 aliphatic rings. The topological polar surface area (TPSA) is 53.2 Å². The van der Waals surface area contributed by atoms with Crippen LogP contribution in [0.3, 0.4) is 0 Å². The highest BCUT2D eigenvalue weighted by Gasteiger charge is 2.08. The Bertz CT molecular complexity index is 647. The Labute approximate surface area is 116 Å². The van der Waals surface area contributed by atoms with Crippen LogP contribution in [0.4, 0.5) is 0 Å². The molecule has 0 aliphatic heterocycles. The van der Waals surface area contributed by atoms with E-state index in [2.05, 4.69) is 6.07 Å². The second kappa shape index (κ2) is 5.75. The number of rotatable bonds is 3. The zero-order chi connectivity index (χ0) is 13.8. The molecule has 0 unspecified atom stereocenters. The van der Waals surface area contributed by atoms with Gasteiger partial charge in [-0.3, -0.25) is 0 Å². The molecule has 0 bridgehead atoms. The molecule has 0 radical (unpaired) electrons. The number of aliphatic hydroxyl groups is 1. The molecule has 0 fully saturated rings. The van der Waals surface area contributed by atoms with Gasteiger partial charge in [0.1, 0.15) is 11.5 Å². The number of hydrogen-bond donors (Lipinski definition) is 1. The fraction of sp³-hybridized carbons (Fsp3) is 0.133. The van der Waals surface area contributed by atoms with Gasteiger partial charge in [0, 0.05) is 10.6 Å². The van der Waals surface area contributed by atoms with E-state index in [0.717, 1.165) is 5.56 Å². The molecule has 0 saturated carbocycles. The van der Waals surface area contributed by atoms with Crippen molar-refractivity contribution in [2.45, 2.75) is 13.5 Å². The van der Waals surface area contributed by atoms with E-state index in [9.17, 15) is 5.11 Å². The molecule has 0 saturated heterocycles. The van der Waals surface area contributed by atoms with Crippen LogP contribution in [0.5, 0.6) is 11.5 Å². The summed E-state index contributed by atoms with van der Waals surface area (Å²) in [5, 5.41) is 18.7. The summed E-state index contributed by atoms with van der Waals surface area (Å²) in [6.45, 7) is 1.73. The summed E-state index contributed by atoms with van der Waals surface area (Å²) < 4.78 is 5.76. The average Bonchev–Trinajstić information content (AvgIpc) is 2.43. The number of halogens is 1. The van der Waals surface area contributed by atoms with Crippen molar-refractivity contribution in [3.8, 4) is 17.6 Å². The molecular formula is C15H12ClNO2. The first-order valence-electron chi connectivity index (χ1n) is 5.72. The lowest BCUT2D eigenvalue weighted by Gasteiger charge is -2.12. The zero-order valence-corrected chi connectivity index (χ0v) is 11.1. The minimum Gasteiger partial charge on any atom is -0.457 e. The van der Waals surface area contributed by atoms with Gasteiger partial charge in [0.25, 0.3) is 0 Å². The van der Waals surface area contributed by atoms with Gasteiger partial charge in [0.05, 0.1) is 18.2 Å². The van der Waals surface area contributed by atoms with Crippen molar-refractivity contribution in [3.05, 3.63) is 58.1 Å².